The van der Waals surface area contributed by atoms with Crippen LogP contribution in [-0.4, -0.2) is 26.9 Å². The van der Waals surface area contributed by atoms with Gasteiger partial charge in [0.25, 0.3) is 0 Å². The van der Waals surface area contributed by atoms with E-state index < -0.39 is 35.4 Å². The van der Waals surface area contributed by atoms with E-state index in [4.69, 9.17) is 5.11 Å². The first kappa shape index (κ1) is 19.0. The quantitative estimate of drug-likeness (QED) is 0.650. The molecule has 1 aromatic heterocycles. The molecule has 0 aliphatic rings. The summed E-state index contributed by atoms with van der Waals surface area (Å²) in [6.07, 6.45) is -0.818. The van der Waals surface area contributed by atoms with Crippen molar-refractivity contribution < 1.29 is 24.2 Å². The second-order valence-electron chi connectivity index (χ2n) is 6.30. The number of aromatic hydroxyl groups is 1. The van der Waals surface area contributed by atoms with Gasteiger partial charge in [-0.05, 0) is 19.1 Å². The average molecular weight is 378 g/mol. The largest absolute Gasteiger partial charge is 0.504 e. The number of aromatic nitrogens is 1. The summed E-state index contributed by atoms with van der Waals surface area (Å²) in [6, 6.07) is 11.2. The van der Waals surface area contributed by atoms with Gasteiger partial charge in [-0.15, -0.1) is 0 Å². The number of hydrogen-bond acceptors (Lipinski definition) is 5. The van der Waals surface area contributed by atoms with Crippen LogP contribution in [0.25, 0.3) is 22.0 Å². The van der Waals surface area contributed by atoms with E-state index in [9.17, 15) is 24.3 Å². The highest BCUT2D eigenvalue weighted by molar-refractivity contribution is 6.05. The summed E-state index contributed by atoms with van der Waals surface area (Å²) in [6.45, 7) is 1.80. The van der Waals surface area contributed by atoms with Crippen LogP contribution in [0.1, 0.15) is 34.5 Å². The standard InChI is InChI=1S/C21H15FN2O4/c1-11-5-6-16(22)14(9-11)12-3-2-4-13-15(10-23)21(28)20(24-19(12)13)17(25)7-8-18(26)27/h2-6,9,28H,7-8H2,1H3,(H,26,27). The number of nitrogens with zero attached hydrogens (tertiary/aromatic N) is 2. The Hall–Kier alpha value is -3.79. The van der Waals surface area contributed by atoms with E-state index in [1.54, 1.807) is 37.3 Å². The number of hydrogen-bond donors (Lipinski definition) is 2. The number of carbonyl (C=O) groups is 2. The number of halogens is 1. The van der Waals surface area contributed by atoms with Crippen LogP contribution in [0.3, 0.4) is 0 Å². The highest BCUT2D eigenvalue weighted by Crippen LogP contribution is 2.35. The van der Waals surface area contributed by atoms with Gasteiger partial charge in [-0.1, -0.05) is 29.8 Å². The molecular formula is C21H15FN2O4. The van der Waals surface area contributed by atoms with Crippen LogP contribution in [0.2, 0.25) is 0 Å². The lowest BCUT2D eigenvalue weighted by atomic mass is 9.96. The minimum Gasteiger partial charge on any atom is -0.504 e. The number of aliphatic carboxylic acids is 1. The Morgan fingerprint density at radius 1 is 1.18 bits per heavy atom. The Balaban J connectivity index is 2.30. The van der Waals surface area contributed by atoms with Crippen molar-refractivity contribution in [2.75, 3.05) is 0 Å². The summed E-state index contributed by atoms with van der Waals surface area (Å²) in [7, 11) is 0. The van der Waals surface area contributed by atoms with Gasteiger partial charge in [0.15, 0.2) is 11.5 Å². The zero-order valence-corrected chi connectivity index (χ0v) is 14.9. The maximum atomic E-state index is 14.4. The Morgan fingerprint density at radius 2 is 1.93 bits per heavy atom. The van der Waals surface area contributed by atoms with Crippen LogP contribution in [0, 0.1) is 24.1 Å². The summed E-state index contributed by atoms with van der Waals surface area (Å²) >= 11 is 0. The summed E-state index contributed by atoms with van der Waals surface area (Å²) in [4.78, 5) is 27.3. The lowest BCUT2D eigenvalue weighted by Gasteiger charge is -2.12. The Labute approximate surface area is 159 Å². The lowest BCUT2D eigenvalue weighted by molar-refractivity contribution is -0.136. The zero-order valence-electron chi connectivity index (χ0n) is 14.9. The number of para-hydroxylation sites is 1. The van der Waals surface area contributed by atoms with Crippen molar-refractivity contribution in [3.05, 3.63) is 59.0 Å². The molecule has 0 fully saturated rings. The summed E-state index contributed by atoms with van der Waals surface area (Å²) < 4.78 is 14.4. The molecule has 3 rings (SSSR count). The van der Waals surface area contributed by atoms with Gasteiger partial charge in [0.05, 0.1) is 11.9 Å². The minimum atomic E-state index is -1.17. The Kier molecular flexibility index (Phi) is 5.05. The number of fused-ring (bicyclic) bond motifs is 1. The van der Waals surface area contributed by atoms with E-state index in [2.05, 4.69) is 4.98 Å². The fourth-order valence-corrected chi connectivity index (χ4v) is 2.99. The molecule has 2 aromatic carbocycles. The van der Waals surface area contributed by atoms with Gasteiger partial charge in [-0.2, -0.15) is 5.26 Å². The Morgan fingerprint density at radius 3 is 2.61 bits per heavy atom. The molecule has 0 bridgehead atoms. The number of ketones is 1. The zero-order chi connectivity index (χ0) is 20.4. The SMILES string of the molecule is Cc1ccc(F)c(-c2cccc3c(C#N)c(O)c(C(=O)CCC(=O)O)nc23)c1. The second-order valence-corrected chi connectivity index (χ2v) is 6.30. The van der Waals surface area contributed by atoms with Crippen molar-refractivity contribution in [1.29, 1.82) is 5.26 Å². The number of pyridine rings is 1. The number of benzene rings is 2. The molecule has 1 heterocycles. The first-order valence-electron chi connectivity index (χ1n) is 8.40. The third kappa shape index (κ3) is 3.40. The van der Waals surface area contributed by atoms with Gasteiger partial charge in [-0.3, -0.25) is 9.59 Å². The number of carboxylic acid groups (broad SMARTS) is 1. The molecule has 7 heteroatoms. The molecule has 0 radical (unpaired) electrons. The van der Waals surface area contributed by atoms with Crippen LogP contribution < -0.4 is 0 Å². The van der Waals surface area contributed by atoms with Crippen molar-refractivity contribution in [1.82, 2.24) is 4.98 Å². The van der Waals surface area contributed by atoms with E-state index in [0.29, 0.717) is 5.56 Å². The van der Waals surface area contributed by atoms with E-state index >= 15 is 0 Å². The number of Topliss-reactive ketones (excluding diaryl/α,β-unsaturated/α-hetero) is 1. The smallest absolute Gasteiger partial charge is 0.303 e. The monoisotopic (exact) mass is 378 g/mol. The first-order valence-corrected chi connectivity index (χ1v) is 8.40. The molecule has 2 N–H and O–H groups in total. The van der Waals surface area contributed by atoms with Crippen molar-refractivity contribution in [2.45, 2.75) is 19.8 Å². The molecule has 28 heavy (non-hydrogen) atoms. The summed E-state index contributed by atoms with van der Waals surface area (Å²) in [5.74, 6) is -2.98. The summed E-state index contributed by atoms with van der Waals surface area (Å²) in [5, 5.41) is 28.9. The van der Waals surface area contributed by atoms with E-state index in [1.807, 2.05) is 6.07 Å². The fraction of sp³-hybridized carbons (Fsp3) is 0.143. The number of carboxylic acids is 1. The van der Waals surface area contributed by atoms with E-state index in [-0.39, 0.29) is 28.5 Å². The molecule has 3 aromatic rings. The van der Waals surface area contributed by atoms with Gasteiger partial charge in [0.1, 0.15) is 23.1 Å². The molecule has 0 aliphatic heterocycles. The van der Waals surface area contributed by atoms with E-state index in [0.717, 1.165) is 5.56 Å². The van der Waals surface area contributed by atoms with Crippen molar-refractivity contribution in [3.63, 3.8) is 0 Å². The Bertz CT molecular complexity index is 1170. The van der Waals surface area contributed by atoms with Crippen LogP contribution in [0.5, 0.6) is 5.75 Å². The maximum absolute atomic E-state index is 14.4. The molecular weight excluding hydrogens is 363 g/mol. The van der Waals surface area contributed by atoms with Crippen LogP contribution >= 0.6 is 0 Å². The molecule has 0 aliphatic carbocycles. The molecule has 0 saturated carbocycles. The topological polar surface area (TPSA) is 111 Å². The predicted molar refractivity (Wildman–Crippen MR) is 99.5 cm³/mol. The average Bonchev–Trinajstić information content (AvgIpc) is 2.67. The van der Waals surface area contributed by atoms with Crippen molar-refractivity contribution in [2.24, 2.45) is 0 Å². The van der Waals surface area contributed by atoms with Gasteiger partial charge in [-0.25, -0.2) is 9.37 Å². The maximum Gasteiger partial charge on any atom is 0.303 e. The third-order valence-electron chi connectivity index (χ3n) is 4.34. The first-order chi connectivity index (χ1) is 13.3. The molecule has 0 amide bonds. The van der Waals surface area contributed by atoms with Gasteiger partial charge >= 0.3 is 5.97 Å². The molecule has 6 nitrogen and oxygen atoms in total. The highest BCUT2D eigenvalue weighted by atomic mass is 19.1. The number of carbonyl (C=O) groups excluding carboxylic acids is 1. The van der Waals surface area contributed by atoms with Crippen LogP contribution in [0.4, 0.5) is 4.39 Å². The molecule has 140 valence electrons. The van der Waals surface area contributed by atoms with Gasteiger partial charge in [0, 0.05) is 22.9 Å². The molecule has 0 spiro atoms. The normalized spacial score (nSPS) is 10.6. The second kappa shape index (κ2) is 7.45. The number of rotatable bonds is 5. The van der Waals surface area contributed by atoms with Crippen molar-refractivity contribution in [3.8, 4) is 22.9 Å². The molecule has 0 saturated heterocycles. The molecule has 0 unspecified atom stereocenters. The van der Waals surface area contributed by atoms with E-state index in [1.165, 1.54) is 6.07 Å². The van der Waals surface area contributed by atoms with Gasteiger partial charge in [0.2, 0.25) is 0 Å². The minimum absolute atomic E-state index is 0.168. The van der Waals surface area contributed by atoms with Crippen molar-refractivity contribution >= 4 is 22.7 Å². The van der Waals surface area contributed by atoms with Crippen LogP contribution in [-0.2, 0) is 4.79 Å². The third-order valence-corrected chi connectivity index (χ3v) is 4.34. The number of aryl methyl sites for hydroxylation is 1. The fourth-order valence-electron chi connectivity index (χ4n) is 2.99. The number of nitriles is 1. The van der Waals surface area contributed by atoms with Gasteiger partial charge < -0.3 is 10.2 Å². The molecule has 0 atom stereocenters. The lowest BCUT2D eigenvalue weighted by Crippen LogP contribution is -2.08. The predicted octanol–water partition coefficient (Wildman–Crippen LogP) is 3.97. The van der Waals surface area contributed by atoms with Crippen LogP contribution in [0.15, 0.2) is 36.4 Å². The highest BCUT2D eigenvalue weighted by Gasteiger charge is 2.22. The summed E-state index contributed by atoms with van der Waals surface area (Å²) in [5.41, 5.74) is 1.04.